The summed E-state index contributed by atoms with van der Waals surface area (Å²) in [6.07, 6.45) is 1.94. The van der Waals surface area contributed by atoms with Crippen molar-refractivity contribution in [2.24, 2.45) is 22.7 Å². The Balaban J connectivity index is 1.30. The standard InChI is InChI=1S/C56H64N4O/c1-35(2)50(36(3)4)52-56(12,13)60(51-37(5)20-19-21-38(51)6)53(58-52)41-30-40(39-22-15-14-16-23-39)31-44(32-41)61-43-26-27-46-48(34-43)59(47-25-18-17-24-45(47)55(46,10)11)49-33-42(28-29-57-49)54(7,8)9/h14-36,50,52H,1-13H3/t52-/m1/s1. The Bertz CT molecular complexity index is 2580. The Kier molecular flexibility index (Phi) is 10.8. The summed E-state index contributed by atoms with van der Waals surface area (Å²) in [5.74, 6) is 4.73. The third-order valence-electron chi connectivity index (χ3n) is 13.4. The molecule has 0 fully saturated rings. The molecule has 1 atom stereocenters. The number of para-hydroxylation sites is 2. The molecule has 314 valence electrons. The lowest BCUT2D eigenvalue weighted by Gasteiger charge is -2.43. The molecule has 5 heteroatoms. The minimum Gasteiger partial charge on any atom is -0.457 e. The number of aromatic nitrogens is 1. The molecule has 2 aliphatic rings. The average Bonchev–Trinajstić information content (AvgIpc) is 3.47. The first-order chi connectivity index (χ1) is 28.9. The molecule has 0 saturated carbocycles. The number of nitrogens with zero attached hydrogens (tertiary/aromatic N) is 4. The smallest absolute Gasteiger partial charge is 0.137 e. The van der Waals surface area contributed by atoms with Crippen molar-refractivity contribution in [3.05, 3.63) is 161 Å². The van der Waals surface area contributed by atoms with Crippen molar-refractivity contribution in [3.63, 3.8) is 0 Å². The van der Waals surface area contributed by atoms with Crippen LogP contribution in [0.25, 0.3) is 11.1 Å². The summed E-state index contributed by atoms with van der Waals surface area (Å²) in [5.41, 5.74) is 12.3. The van der Waals surface area contributed by atoms with E-state index in [1.807, 2.05) is 6.20 Å². The van der Waals surface area contributed by atoms with Crippen molar-refractivity contribution in [1.82, 2.24) is 4.98 Å². The zero-order valence-electron chi connectivity index (χ0n) is 38.6. The fourth-order valence-electron chi connectivity index (χ4n) is 10.3. The van der Waals surface area contributed by atoms with E-state index in [1.54, 1.807) is 0 Å². The van der Waals surface area contributed by atoms with Crippen molar-refractivity contribution in [2.75, 3.05) is 9.80 Å². The largest absolute Gasteiger partial charge is 0.457 e. The number of amidine groups is 1. The first kappa shape index (κ1) is 42.0. The Hall–Kier alpha value is -5.68. The van der Waals surface area contributed by atoms with Crippen LogP contribution in [0.15, 0.2) is 133 Å². The second kappa shape index (κ2) is 15.7. The van der Waals surface area contributed by atoms with Gasteiger partial charge >= 0.3 is 0 Å². The molecule has 3 heterocycles. The van der Waals surface area contributed by atoms with Gasteiger partial charge in [-0.15, -0.1) is 0 Å². The van der Waals surface area contributed by atoms with Gasteiger partial charge in [-0.2, -0.15) is 0 Å². The quantitative estimate of drug-likeness (QED) is 0.146. The zero-order chi connectivity index (χ0) is 43.6. The minimum absolute atomic E-state index is 0.0294. The van der Waals surface area contributed by atoms with Crippen LogP contribution in [-0.4, -0.2) is 22.4 Å². The van der Waals surface area contributed by atoms with Crippen LogP contribution in [-0.2, 0) is 10.8 Å². The SMILES string of the molecule is Cc1cccc(C)c1N1C(c2cc(Oc3ccc4c(c3)N(c3cc(C(C)(C)C)ccn3)c3ccccc3C4(C)C)cc(-c3ccccc3)c2)=N[C@H](C(C(C)C)C(C)C)C1(C)C. The highest BCUT2D eigenvalue weighted by Crippen LogP contribution is 2.53. The fourth-order valence-corrected chi connectivity index (χ4v) is 10.3. The molecule has 61 heavy (non-hydrogen) atoms. The summed E-state index contributed by atoms with van der Waals surface area (Å²) >= 11 is 0. The van der Waals surface area contributed by atoms with Crippen molar-refractivity contribution >= 4 is 28.7 Å². The Morgan fingerprint density at radius 1 is 0.623 bits per heavy atom. The molecule has 5 aromatic carbocycles. The van der Waals surface area contributed by atoms with E-state index in [1.165, 1.54) is 33.5 Å². The molecule has 2 aliphatic heterocycles. The van der Waals surface area contributed by atoms with E-state index in [2.05, 4.69) is 221 Å². The number of aliphatic imine (C=N–C) groups is 1. The van der Waals surface area contributed by atoms with Gasteiger partial charge < -0.3 is 9.64 Å². The van der Waals surface area contributed by atoms with E-state index in [0.29, 0.717) is 17.8 Å². The minimum atomic E-state index is -0.293. The second-order valence-electron chi connectivity index (χ2n) is 20.2. The normalized spacial score (nSPS) is 16.9. The molecule has 0 bridgehead atoms. The van der Waals surface area contributed by atoms with Gasteiger partial charge in [0, 0.05) is 28.9 Å². The van der Waals surface area contributed by atoms with Crippen LogP contribution in [0.2, 0.25) is 0 Å². The second-order valence-corrected chi connectivity index (χ2v) is 20.2. The summed E-state index contributed by atoms with van der Waals surface area (Å²) in [5, 5.41) is 0. The van der Waals surface area contributed by atoms with Gasteiger partial charge in [-0.1, -0.05) is 135 Å². The maximum Gasteiger partial charge on any atom is 0.137 e. The Labute approximate surface area is 365 Å². The van der Waals surface area contributed by atoms with Crippen LogP contribution in [0.5, 0.6) is 11.5 Å². The van der Waals surface area contributed by atoms with Crippen LogP contribution < -0.4 is 14.5 Å². The lowest BCUT2D eigenvalue weighted by Crippen LogP contribution is -2.53. The van der Waals surface area contributed by atoms with Crippen molar-refractivity contribution < 1.29 is 4.74 Å². The van der Waals surface area contributed by atoms with Crippen LogP contribution in [0.4, 0.5) is 22.9 Å². The van der Waals surface area contributed by atoms with Gasteiger partial charge in [0.2, 0.25) is 0 Å². The topological polar surface area (TPSA) is 41.0 Å². The van der Waals surface area contributed by atoms with E-state index in [9.17, 15) is 0 Å². The van der Waals surface area contributed by atoms with Crippen LogP contribution in [0.1, 0.15) is 110 Å². The first-order valence-corrected chi connectivity index (χ1v) is 22.2. The number of aryl methyl sites for hydroxylation is 2. The Morgan fingerprint density at radius 3 is 1.93 bits per heavy atom. The number of pyridine rings is 1. The molecule has 5 nitrogen and oxygen atoms in total. The molecular weight excluding hydrogens is 745 g/mol. The van der Waals surface area contributed by atoms with Crippen molar-refractivity contribution in [1.29, 1.82) is 0 Å². The lowest BCUT2D eigenvalue weighted by molar-refractivity contribution is 0.196. The number of ether oxygens (including phenoxy) is 1. The van der Waals surface area contributed by atoms with Crippen LogP contribution in [0.3, 0.4) is 0 Å². The van der Waals surface area contributed by atoms with E-state index >= 15 is 0 Å². The summed E-state index contributed by atoms with van der Waals surface area (Å²) < 4.78 is 7.10. The molecule has 0 aliphatic carbocycles. The van der Waals surface area contributed by atoms with E-state index < -0.39 is 0 Å². The van der Waals surface area contributed by atoms with E-state index in [-0.39, 0.29) is 22.4 Å². The number of rotatable bonds is 9. The molecule has 8 rings (SSSR count). The summed E-state index contributed by atoms with van der Waals surface area (Å²) in [6, 6.07) is 43.7. The molecule has 0 amide bonds. The molecule has 0 saturated heterocycles. The molecule has 1 aromatic heterocycles. The highest BCUT2D eigenvalue weighted by atomic mass is 16.5. The Morgan fingerprint density at radius 2 is 1.26 bits per heavy atom. The number of hydrogen-bond donors (Lipinski definition) is 0. The molecule has 0 radical (unpaired) electrons. The first-order valence-electron chi connectivity index (χ1n) is 22.2. The third kappa shape index (κ3) is 7.55. The van der Waals surface area contributed by atoms with Crippen molar-refractivity contribution in [2.45, 2.75) is 112 Å². The number of hydrogen-bond acceptors (Lipinski definition) is 5. The third-order valence-corrected chi connectivity index (χ3v) is 13.4. The van der Waals surface area contributed by atoms with Gasteiger partial charge in [-0.25, -0.2) is 4.98 Å². The lowest BCUT2D eigenvalue weighted by atomic mass is 9.73. The van der Waals surface area contributed by atoms with Gasteiger partial charge in [0.05, 0.1) is 23.0 Å². The fraction of sp³-hybridized carbons (Fsp3) is 0.357. The highest BCUT2D eigenvalue weighted by molar-refractivity contribution is 6.14. The van der Waals surface area contributed by atoms with E-state index in [4.69, 9.17) is 14.7 Å². The van der Waals surface area contributed by atoms with Gasteiger partial charge in [-0.05, 0) is 132 Å². The van der Waals surface area contributed by atoms with Crippen LogP contribution in [0, 0.1) is 31.6 Å². The molecular formula is C56H64N4O. The summed E-state index contributed by atoms with van der Waals surface area (Å²) in [6.45, 7) is 30.1. The van der Waals surface area contributed by atoms with Gasteiger partial charge in [0.15, 0.2) is 0 Å². The maximum atomic E-state index is 7.10. The highest BCUT2D eigenvalue weighted by Gasteiger charge is 2.50. The maximum absolute atomic E-state index is 7.10. The average molecular weight is 809 g/mol. The number of benzene rings is 5. The molecule has 6 aromatic rings. The molecule has 0 spiro atoms. The zero-order valence-corrected chi connectivity index (χ0v) is 38.6. The molecule has 0 N–H and O–H groups in total. The number of fused-ring (bicyclic) bond motifs is 2. The molecule has 0 unspecified atom stereocenters. The monoisotopic (exact) mass is 809 g/mol. The summed E-state index contributed by atoms with van der Waals surface area (Å²) in [7, 11) is 0. The summed E-state index contributed by atoms with van der Waals surface area (Å²) in [4.78, 5) is 15.7. The number of anilines is 4. The predicted molar refractivity (Wildman–Crippen MR) is 258 cm³/mol. The van der Waals surface area contributed by atoms with Crippen LogP contribution >= 0.6 is 0 Å². The van der Waals surface area contributed by atoms with Gasteiger partial charge in [0.25, 0.3) is 0 Å². The predicted octanol–water partition coefficient (Wildman–Crippen LogP) is 14.9. The van der Waals surface area contributed by atoms with Crippen molar-refractivity contribution in [3.8, 4) is 22.6 Å². The van der Waals surface area contributed by atoms with E-state index in [0.717, 1.165) is 51.2 Å². The van der Waals surface area contributed by atoms with Gasteiger partial charge in [0.1, 0.15) is 23.2 Å². The van der Waals surface area contributed by atoms with Gasteiger partial charge in [-0.3, -0.25) is 9.89 Å².